The van der Waals surface area contributed by atoms with Crippen molar-refractivity contribution in [1.82, 2.24) is 4.31 Å². The second kappa shape index (κ2) is 4.18. The Morgan fingerprint density at radius 2 is 2.11 bits per heavy atom. The standard InChI is InChI=1S/C13H17FN2O2S/c1-8-4-11(14)13(6-12(8)15)19(17,18)16-7-9-2-3-10(16)5-9/h4,6,9-10H,2-3,5,7,15H2,1H3. The van der Waals surface area contributed by atoms with Crippen molar-refractivity contribution in [1.29, 1.82) is 0 Å². The molecule has 2 fully saturated rings. The molecule has 3 rings (SSSR count). The van der Waals surface area contributed by atoms with E-state index in [1.165, 1.54) is 16.4 Å². The average Bonchev–Trinajstić information content (AvgIpc) is 2.95. The molecule has 2 bridgehead atoms. The summed E-state index contributed by atoms with van der Waals surface area (Å²) in [5.74, 6) is -0.278. The first kappa shape index (κ1) is 12.9. The lowest BCUT2D eigenvalue weighted by Crippen LogP contribution is -2.38. The van der Waals surface area contributed by atoms with Crippen LogP contribution in [0.5, 0.6) is 0 Å². The second-order valence-corrected chi connectivity index (χ2v) is 7.41. The number of aryl methyl sites for hydroxylation is 1. The minimum atomic E-state index is -3.76. The first-order chi connectivity index (χ1) is 8.89. The fourth-order valence-electron chi connectivity index (χ4n) is 3.17. The maximum Gasteiger partial charge on any atom is 0.246 e. The smallest absolute Gasteiger partial charge is 0.246 e. The molecule has 2 atom stereocenters. The molecule has 1 saturated heterocycles. The number of rotatable bonds is 2. The normalized spacial score (nSPS) is 27.1. The van der Waals surface area contributed by atoms with Crippen LogP contribution < -0.4 is 5.73 Å². The van der Waals surface area contributed by atoms with E-state index in [4.69, 9.17) is 5.73 Å². The van der Waals surface area contributed by atoms with E-state index in [-0.39, 0.29) is 10.9 Å². The summed E-state index contributed by atoms with van der Waals surface area (Å²) in [5.41, 5.74) is 6.58. The Bertz CT molecular complexity index is 630. The van der Waals surface area contributed by atoms with Gasteiger partial charge in [0.25, 0.3) is 0 Å². The monoisotopic (exact) mass is 284 g/mol. The van der Waals surface area contributed by atoms with Crippen molar-refractivity contribution in [3.8, 4) is 0 Å². The molecule has 1 aliphatic heterocycles. The van der Waals surface area contributed by atoms with Crippen molar-refractivity contribution in [2.45, 2.75) is 37.1 Å². The Morgan fingerprint density at radius 1 is 1.37 bits per heavy atom. The number of piperidine rings is 1. The van der Waals surface area contributed by atoms with Gasteiger partial charge in [0.05, 0.1) is 0 Å². The van der Waals surface area contributed by atoms with Gasteiger partial charge in [-0.25, -0.2) is 12.8 Å². The molecular formula is C13H17FN2O2S. The number of hydrogen-bond acceptors (Lipinski definition) is 3. The molecule has 1 saturated carbocycles. The van der Waals surface area contributed by atoms with Crippen molar-refractivity contribution < 1.29 is 12.8 Å². The summed E-state index contributed by atoms with van der Waals surface area (Å²) < 4.78 is 40.5. The highest BCUT2D eigenvalue weighted by atomic mass is 32.2. The summed E-state index contributed by atoms with van der Waals surface area (Å²) in [7, 11) is -3.76. The number of anilines is 1. The highest BCUT2D eigenvalue weighted by molar-refractivity contribution is 7.89. The van der Waals surface area contributed by atoms with Crippen LogP contribution in [-0.2, 0) is 10.0 Å². The largest absolute Gasteiger partial charge is 0.398 e. The molecule has 1 aromatic rings. The molecule has 2 aliphatic rings. The van der Waals surface area contributed by atoms with Crippen LogP contribution in [0.2, 0.25) is 0 Å². The Morgan fingerprint density at radius 3 is 2.68 bits per heavy atom. The van der Waals surface area contributed by atoms with Crippen LogP contribution in [0.4, 0.5) is 10.1 Å². The van der Waals surface area contributed by atoms with Gasteiger partial charge in [-0.1, -0.05) is 0 Å². The van der Waals surface area contributed by atoms with Gasteiger partial charge in [-0.2, -0.15) is 4.31 Å². The average molecular weight is 284 g/mol. The Kier molecular flexibility index (Phi) is 2.83. The van der Waals surface area contributed by atoms with Gasteiger partial charge in [-0.3, -0.25) is 0 Å². The molecule has 0 spiro atoms. The van der Waals surface area contributed by atoms with Crippen LogP contribution in [0.15, 0.2) is 17.0 Å². The minimum Gasteiger partial charge on any atom is -0.398 e. The molecule has 1 aliphatic carbocycles. The van der Waals surface area contributed by atoms with Crippen LogP contribution in [0.3, 0.4) is 0 Å². The van der Waals surface area contributed by atoms with Crippen molar-refractivity contribution in [3.05, 3.63) is 23.5 Å². The maximum absolute atomic E-state index is 14.0. The van der Waals surface area contributed by atoms with E-state index in [1.54, 1.807) is 6.92 Å². The highest BCUT2D eigenvalue weighted by Crippen LogP contribution is 2.41. The van der Waals surface area contributed by atoms with Crippen LogP contribution in [-0.4, -0.2) is 25.3 Å². The van der Waals surface area contributed by atoms with Crippen molar-refractivity contribution in [3.63, 3.8) is 0 Å². The number of nitrogens with zero attached hydrogens (tertiary/aromatic N) is 1. The Balaban J connectivity index is 2.03. The number of nitrogens with two attached hydrogens (primary N) is 1. The molecule has 0 amide bonds. The van der Waals surface area contributed by atoms with E-state index < -0.39 is 15.8 Å². The first-order valence-corrected chi connectivity index (χ1v) is 7.91. The number of halogens is 1. The summed E-state index contributed by atoms with van der Waals surface area (Å²) in [6.07, 6.45) is 2.87. The van der Waals surface area contributed by atoms with E-state index in [0.29, 0.717) is 23.7 Å². The topological polar surface area (TPSA) is 63.4 Å². The van der Waals surface area contributed by atoms with E-state index >= 15 is 0 Å². The predicted molar refractivity (Wildman–Crippen MR) is 70.6 cm³/mol. The van der Waals surface area contributed by atoms with E-state index in [0.717, 1.165) is 19.3 Å². The first-order valence-electron chi connectivity index (χ1n) is 6.47. The second-order valence-electron chi connectivity index (χ2n) is 5.55. The van der Waals surface area contributed by atoms with Gasteiger partial charge >= 0.3 is 0 Å². The molecule has 4 nitrogen and oxygen atoms in total. The maximum atomic E-state index is 14.0. The lowest BCUT2D eigenvalue weighted by Gasteiger charge is -2.26. The summed E-state index contributed by atoms with van der Waals surface area (Å²) in [5, 5.41) is 0. The van der Waals surface area contributed by atoms with Crippen molar-refractivity contribution in [2.24, 2.45) is 5.92 Å². The van der Waals surface area contributed by atoms with Crippen LogP contribution in [0, 0.1) is 18.7 Å². The molecular weight excluding hydrogens is 267 g/mol. The fraction of sp³-hybridized carbons (Fsp3) is 0.538. The third-order valence-electron chi connectivity index (χ3n) is 4.27. The van der Waals surface area contributed by atoms with E-state index in [9.17, 15) is 12.8 Å². The van der Waals surface area contributed by atoms with Gasteiger partial charge in [0, 0.05) is 18.3 Å². The van der Waals surface area contributed by atoms with Crippen LogP contribution in [0.1, 0.15) is 24.8 Å². The van der Waals surface area contributed by atoms with Crippen LogP contribution in [0.25, 0.3) is 0 Å². The Hall–Kier alpha value is -1.14. The van der Waals surface area contributed by atoms with Gasteiger partial charge in [0.15, 0.2) is 0 Å². The SMILES string of the molecule is Cc1cc(F)c(S(=O)(=O)N2CC3CCC2C3)cc1N. The molecule has 6 heteroatoms. The molecule has 1 heterocycles. The zero-order valence-electron chi connectivity index (χ0n) is 10.8. The van der Waals surface area contributed by atoms with Gasteiger partial charge in [-0.05, 0) is 49.8 Å². The van der Waals surface area contributed by atoms with E-state index in [2.05, 4.69) is 0 Å². The van der Waals surface area contributed by atoms with E-state index in [1.807, 2.05) is 0 Å². The van der Waals surface area contributed by atoms with Crippen molar-refractivity contribution >= 4 is 15.7 Å². The third kappa shape index (κ3) is 1.94. The molecule has 104 valence electrons. The number of nitrogen functional groups attached to an aromatic ring is 1. The third-order valence-corrected chi connectivity index (χ3v) is 6.20. The highest BCUT2D eigenvalue weighted by Gasteiger charge is 2.45. The quantitative estimate of drug-likeness (QED) is 0.844. The number of benzene rings is 1. The molecule has 0 aromatic heterocycles. The fourth-order valence-corrected chi connectivity index (χ4v) is 4.99. The number of hydrogen-bond donors (Lipinski definition) is 1. The molecule has 2 unspecified atom stereocenters. The lowest BCUT2D eigenvalue weighted by atomic mass is 10.1. The van der Waals surface area contributed by atoms with Gasteiger partial charge in [0.1, 0.15) is 10.7 Å². The van der Waals surface area contributed by atoms with Gasteiger partial charge in [0.2, 0.25) is 10.0 Å². The minimum absolute atomic E-state index is 0.0388. The molecule has 19 heavy (non-hydrogen) atoms. The van der Waals surface area contributed by atoms with Gasteiger partial charge < -0.3 is 5.73 Å². The predicted octanol–water partition coefficient (Wildman–Crippen LogP) is 1.89. The zero-order chi connectivity index (χ0) is 13.8. The van der Waals surface area contributed by atoms with Crippen LogP contribution >= 0.6 is 0 Å². The molecule has 0 radical (unpaired) electrons. The molecule has 2 N–H and O–H groups in total. The summed E-state index contributed by atoms with van der Waals surface area (Å²) in [6, 6.07) is 2.47. The lowest BCUT2D eigenvalue weighted by molar-refractivity contribution is 0.332. The number of fused-ring (bicyclic) bond motifs is 2. The van der Waals surface area contributed by atoms with Gasteiger partial charge in [-0.15, -0.1) is 0 Å². The zero-order valence-corrected chi connectivity index (χ0v) is 11.6. The summed E-state index contributed by atoms with van der Waals surface area (Å²) in [6.45, 7) is 2.17. The summed E-state index contributed by atoms with van der Waals surface area (Å²) in [4.78, 5) is -0.289. The summed E-state index contributed by atoms with van der Waals surface area (Å²) >= 11 is 0. The van der Waals surface area contributed by atoms with Crippen molar-refractivity contribution in [2.75, 3.05) is 12.3 Å². The number of sulfonamides is 1. The Labute approximate surface area is 112 Å². The molecule has 1 aromatic carbocycles.